The first-order chi connectivity index (χ1) is 30.3. The molecule has 0 saturated carbocycles. The van der Waals surface area contributed by atoms with E-state index in [1.54, 1.807) is 20.8 Å². The molecule has 1 aliphatic rings. The summed E-state index contributed by atoms with van der Waals surface area (Å²) in [6, 6.07) is 38.5. The molecule has 6 rings (SSSR count). The molecule has 0 aromatic heterocycles. The Morgan fingerprint density at radius 3 is 1.75 bits per heavy atom. The Bertz CT molecular complexity index is 2250. The van der Waals surface area contributed by atoms with E-state index in [1.165, 1.54) is 0 Å². The van der Waals surface area contributed by atoms with Gasteiger partial charge >= 0.3 is 12.2 Å². The molecule has 0 bridgehead atoms. The molecule has 0 radical (unpaired) electrons. The zero-order valence-electron chi connectivity index (χ0n) is 35.8. The number of ether oxygens (including phenoxy) is 2. The van der Waals surface area contributed by atoms with Crippen LogP contribution in [-0.4, -0.2) is 64.5 Å². The van der Waals surface area contributed by atoms with Crippen LogP contribution >= 0.6 is 0 Å². The van der Waals surface area contributed by atoms with Crippen molar-refractivity contribution in [1.29, 1.82) is 0 Å². The Morgan fingerprint density at radius 2 is 1.16 bits per heavy atom. The molecule has 1 aliphatic carbocycles. The van der Waals surface area contributed by atoms with E-state index in [-0.39, 0.29) is 32.7 Å². The Kier molecular flexibility index (Phi) is 16.1. The Balaban J connectivity index is 1.19. The van der Waals surface area contributed by atoms with Gasteiger partial charge in [0.1, 0.15) is 25.3 Å². The molecule has 330 valence electrons. The van der Waals surface area contributed by atoms with Crippen LogP contribution in [0, 0.1) is 5.41 Å². The van der Waals surface area contributed by atoms with Crippen molar-refractivity contribution in [1.82, 2.24) is 26.6 Å². The van der Waals surface area contributed by atoms with Crippen molar-refractivity contribution in [3.63, 3.8) is 0 Å². The van der Waals surface area contributed by atoms with Gasteiger partial charge in [0.25, 0.3) is 0 Å². The minimum absolute atomic E-state index is 0.00652. The minimum atomic E-state index is -1.51. The van der Waals surface area contributed by atoms with Gasteiger partial charge in [-0.15, -0.1) is 0 Å². The summed E-state index contributed by atoms with van der Waals surface area (Å²) in [5, 5.41) is 38.1. The lowest BCUT2D eigenvalue weighted by Crippen LogP contribution is -2.62. The van der Waals surface area contributed by atoms with Crippen molar-refractivity contribution in [2.75, 3.05) is 0 Å². The fourth-order valence-corrected chi connectivity index (χ4v) is 7.49. The molecular formula is C50H57N5O8. The van der Waals surface area contributed by atoms with Crippen LogP contribution in [0.15, 0.2) is 140 Å². The number of benzene rings is 5. The third-order valence-corrected chi connectivity index (χ3v) is 11.0. The van der Waals surface area contributed by atoms with E-state index in [1.807, 2.05) is 140 Å². The fraction of sp³-hybridized carbons (Fsp3) is 0.320. The number of aliphatic hydroxyl groups is 2. The molecule has 5 aromatic carbocycles. The lowest BCUT2D eigenvalue weighted by molar-refractivity contribution is -0.131. The zero-order valence-corrected chi connectivity index (χ0v) is 35.8. The quantitative estimate of drug-likeness (QED) is 0.0574. The molecular weight excluding hydrogens is 799 g/mol. The summed E-state index contributed by atoms with van der Waals surface area (Å²) in [5.41, 5.74) is 4.95. The van der Waals surface area contributed by atoms with E-state index >= 15 is 0 Å². The van der Waals surface area contributed by atoms with E-state index in [2.05, 4.69) is 26.6 Å². The largest absolute Gasteiger partial charge is 0.445 e. The smallest absolute Gasteiger partial charge is 0.408 e. The van der Waals surface area contributed by atoms with Crippen molar-refractivity contribution in [2.45, 2.75) is 96.3 Å². The summed E-state index contributed by atoms with van der Waals surface area (Å²) in [5.74, 6) is -1.16. The molecule has 0 aliphatic heterocycles. The summed E-state index contributed by atoms with van der Waals surface area (Å²) in [7, 11) is 0. The van der Waals surface area contributed by atoms with Gasteiger partial charge in [-0.3, -0.25) is 14.9 Å². The highest BCUT2D eigenvalue weighted by Gasteiger charge is 2.40. The van der Waals surface area contributed by atoms with Gasteiger partial charge < -0.3 is 41.0 Å². The number of amides is 4. The second kappa shape index (κ2) is 22.0. The third kappa shape index (κ3) is 13.5. The lowest BCUT2D eigenvalue weighted by Gasteiger charge is -2.35. The average molecular weight is 856 g/mol. The molecule has 4 amide bonds. The number of hydrogen-bond donors (Lipinski definition) is 7. The first kappa shape index (κ1) is 46.0. The molecule has 0 saturated heterocycles. The van der Waals surface area contributed by atoms with E-state index in [0.717, 1.165) is 38.9 Å². The third-order valence-electron chi connectivity index (χ3n) is 11.0. The molecule has 0 fully saturated rings. The normalized spacial score (nSPS) is 16.3. The van der Waals surface area contributed by atoms with Crippen LogP contribution in [0.4, 0.5) is 9.59 Å². The predicted molar refractivity (Wildman–Crippen MR) is 239 cm³/mol. The molecule has 63 heavy (non-hydrogen) atoms. The Hall–Kier alpha value is -6.54. The molecule has 5 aromatic rings. The van der Waals surface area contributed by atoms with Gasteiger partial charge in [-0.25, -0.2) is 9.59 Å². The van der Waals surface area contributed by atoms with Gasteiger partial charge in [0.2, 0.25) is 11.8 Å². The number of rotatable bonds is 18. The maximum absolute atomic E-state index is 14.5. The summed E-state index contributed by atoms with van der Waals surface area (Å²) in [6.45, 7) is 5.94. The maximum atomic E-state index is 14.5. The van der Waals surface area contributed by atoms with E-state index in [0.29, 0.717) is 6.42 Å². The monoisotopic (exact) mass is 855 g/mol. The number of carbonyl (C=O) groups excluding carboxylic acids is 4. The topological polar surface area (TPSA) is 187 Å². The van der Waals surface area contributed by atoms with Crippen molar-refractivity contribution in [2.24, 2.45) is 5.41 Å². The van der Waals surface area contributed by atoms with Crippen LogP contribution in [0.25, 0.3) is 0 Å². The van der Waals surface area contributed by atoms with Crippen LogP contribution in [0.2, 0.25) is 0 Å². The molecule has 7 N–H and O–H groups in total. The lowest BCUT2D eigenvalue weighted by atomic mass is 9.85. The molecule has 0 heterocycles. The molecule has 13 nitrogen and oxygen atoms in total. The highest BCUT2D eigenvalue weighted by atomic mass is 16.6. The molecule has 0 spiro atoms. The van der Waals surface area contributed by atoms with Gasteiger partial charge in [-0.05, 0) is 50.8 Å². The van der Waals surface area contributed by atoms with Gasteiger partial charge in [0.05, 0.1) is 24.3 Å². The summed E-state index contributed by atoms with van der Waals surface area (Å²) in [6.07, 6.45) is -3.24. The standard InChI is InChI=1S/C50H57N5O8/c1-50(2,3)45(55-49(61)63-32-37-19-11-6-12-20-37)47(59)53-40(27-33-15-7-4-8-16-33)44(57)43(46(58)54-42-39-22-14-13-21-38(39)28-41(42)56)51-29-34-23-25-35(26-24-34)30-52-48(60)62-31-36-17-9-5-10-18-36/h4-26,40-45,51,56-57H,27-32H2,1-3H3,(H,52,60)(H,53,59)(H,54,58)(H,55,61)/t40-,41?,42-,43+,44+,45+/m0/s1. The van der Waals surface area contributed by atoms with Crippen LogP contribution in [0.3, 0.4) is 0 Å². The number of aliphatic hydroxyl groups excluding tert-OH is 2. The highest BCUT2D eigenvalue weighted by molar-refractivity contribution is 5.87. The fourth-order valence-electron chi connectivity index (χ4n) is 7.49. The highest BCUT2D eigenvalue weighted by Crippen LogP contribution is 2.31. The van der Waals surface area contributed by atoms with Gasteiger partial charge in [-0.1, -0.05) is 160 Å². The van der Waals surface area contributed by atoms with Gasteiger partial charge in [0, 0.05) is 19.5 Å². The Labute approximate surface area is 368 Å². The molecule has 13 heteroatoms. The van der Waals surface area contributed by atoms with E-state index in [4.69, 9.17) is 9.47 Å². The van der Waals surface area contributed by atoms with Gasteiger partial charge in [-0.2, -0.15) is 0 Å². The molecule has 6 atom stereocenters. The zero-order chi connectivity index (χ0) is 44.8. The minimum Gasteiger partial charge on any atom is -0.445 e. The van der Waals surface area contributed by atoms with Crippen LogP contribution in [0.5, 0.6) is 0 Å². The van der Waals surface area contributed by atoms with E-state index < -0.39 is 65.8 Å². The van der Waals surface area contributed by atoms with Crippen LogP contribution in [0.1, 0.15) is 65.8 Å². The summed E-state index contributed by atoms with van der Waals surface area (Å²) in [4.78, 5) is 54.2. The second-order valence-electron chi connectivity index (χ2n) is 16.8. The van der Waals surface area contributed by atoms with E-state index in [9.17, 15) is 29.4 Å². The van der Waals surface area contributed by atoms with Crippen LogP contribution in [-0.2, 0) is 58.2 Å². The number of carbonyl (C=O) groups is 4. The Morgan fingerprint density at radius 1 is 0.635 bits per heavy atom. The predicted octanol–water partition coefficient (Wildman–Crippen LogP) is 5.78. The molecule has 1 unspecified atom stereocenters. The summed E-state index contributed by atoms with van der Waals surface area (Å²) < 4.78 is 10.8. The SMILES string of the molecule is CC(C)(C)[C@H](NC(=O)OCc1ccccc1)C(=O)N[C@@H](Cc1ccccc1)[C@@H](O)[C@@H](NCc1ccc(CNC(=O)OCc2ccccc2)cc1)C(=O)N[C@H]1c2ccccc2CC1O. The maximum Gasteiger partial charge on any atom is 0.408 e. The average Bonchev–Trinajstić information content (AvgIpc) is 3.60. The number of alkyl carbamates (subject to hydrolysis) is 2. The summed E-state index contributed by atoms with van der Waals surface area (Å²) >= 11 is 0. The van der Waals surface area contributed by atoms with Crippen molar-refractivity contribution >= 4 is 24.0 Å². The van der Waals surface area contributed by atoms with Crippen LogP contribution < -0.4 is 26.6 Å². The second-order valence-corrected chi connectivity index (χ2v) is 16.8. The number of fused-ring (bicyclic) bond motifs is 1. The van der Waals surface area contributed by atoms with Crippen molar-refractivity contribution in [3.8, 4) is 0 Å². The van der Waals surface area contributed by atoms with Crippen molar-refractivity contribution < 1.29 is 38.9 Å². The first-order valence-electron chi connectivity index (χ1n) is 21.2. The first-order valence-corrected chi connectivity index (χ1v) is 21.2. The number of nitrogens with one attached hydrogen (secondary N) is 5. The number of hydrogen-bond acceptors (Lipinski definition) is 9. The van der Waals surface area contributed by atoms with Gasteiger partial charge in [0.15, 0.2) is 0 Å². The van der Waals surface area contributed by atoms with Crippen molar-refractivity contribution in [3.05, 3.63) is 178 Å².